The molecular weight excluding hydrogens is 122 g/mol. The van der Waals surface area contributed by atoms with Gasteiger partial charge in [0.2, 0.25) is 0 Å². The van der Waals surface area contributed by atoms with E-state index in [1.165, 1.54) is 0 Å². The van der Waals surface area contributed by atoms with Gasteiger partial charge in [0.05, 0.1) is 6.04 Å². The fourth-order valence-electron chi connectivity index (χ4n) is 0.370. The number of nitrogens with zero attached hydrogens (tertiary/aromatic N) is 2. The fraction of sp³-hybridized carbons (Fsp3) is 0.250. The van der Waals surface area contributed by atoms with E-state index in [-0.39, 0.29) is 6.04 Å². The molecule has 0 saturated heterocycles. The van der Waals surface area contributed by atoms with Gasteiger partial charge in [-0.2, -0.15) is 5.11 Å². The molecule has 1 aliphatic rings. The van der Waals surface area contributed by atoms with Crippen LogP contribution in [0.15, 0.2) is 22.5 Å². The second-order valence-electron chi connectivity index (χ2n) is 1.42. The molecule has 42 valence electrons. The summed E-state index contributed by atoms with van der Waals surface area (Å²) in [5.74, 6) is 0. The van der Waals surface area contributed by atoms with Crippen LogP contribution in [-0.4, -0.2) is 11.0 Å². The molecule has 3 nitrogen and oxygen atoms in total. The van der Waals surface area contributed by atoms with Crippen LogP contribution in [0, 0.1) is 0 Å². The molecule has 0 radical (unpaired) electrons. The molecule has 2 N–H and O–H groups in total. The molecule has 0 bridgehead atoms. The number of nitrogens with two attached hydrogens (primary N) is 1. The Bertz CT molecular complexity index is 161. The van der Waals surface area contributed by atoms with Gasteiger partial charge in [-0.25, -0.2) is 0 Å². The number of azo groups is 1. The predicted octanol–water partition coefficient (Wildman–Crippen LogP) is 0.621. The zero-order valence-corrected chi connectivity index (χ0v) is 4.93. The van der Waals surface area contributed by atoms with Crippen molar-refractivity contribution in [2.45, 2.75) is 6.04 Å². The first-order valence-electron chi connectivity index (χ1n) is 2.17. The smallest absolute Gasteiger partial charge is 0.146 e. The van der Waals surface area contributed by atoms with Crippen LogP contribution in [0.4, 0.5) is 0 Å². The van der Waals surface area contributed by atoms with Crippen molar-refractivity contribution in [1.29, 1.82) is 0 Å². The first-order valence-corrected chi connectivity index (χ1v) is 2.58. The fourth-order valence-corrected chi connectivity index (χ4v) is 0.496. The third-order valence-corrected chi connectivity index (χ3v) is 1.16. The van der Waals surface area contributed by atoms with Crippen LogP contribution in [0.5, 0.6) is 0 Å². The first kappa shape index (κ1) is 5.53. The van der Waals surface area contributed by atoms with Crippen molar-refractivity contribution in [3.63, 3.8) is 0 Å². The van der Waals surface area contributed by atoms with Crippen molar-refractivity contribution in [2.75, 3.05) is 0 Å². The van der Waals surface area contributed by atoms with Crippen LogP contribution < -0.4 is 5.73 Å². The normalized spacial score (nSPS) is 26.6. The van der Waals surface area contributed by atoms with E-state index >= 15 is 0 Å². The third-order valence-electron chi connectivity index (χ3n) is 0.802. The lowest BCUT2D eigenvalue weighted by atomic mass is 10.3. The Hall–Kier alpha value is -0.610. The van der Waals surface area contributed by atoms with E-state index in [0.717, 1.165) is 0 Å². The van der Waals surface area contributed by atoms with Crippen molar-refractivity contribution in [1.82, 2.24) is 0 Å². The summed E-state index contributed by atoms with van der Waals surface area (Å²) in [5, 5.41) is 7.09. The molecule has 1 rings (SSSR count). The van der Waals surface area contributed by atoms with E-state index in [9.17, 15) is 0 Å². The van der Waals surface area contributed by atoms with Crippen molar-refractivity contribution in [3.8, 4) is 0 Å². The van der Waals surface area contributed by atoms with Gasteiger partial charge in [-0.1, -0.05) is 12.2 Å². The Kier molecular flexibility index (Phi) is 1.45. The molecular formula is C4H5N3S. The summed E-state index contributed by atoms with van der Waals surface area (Å²) in [4.78, 5) is 0.451. The molecule has 0 saturated carbocycles. The summed E-state index contributed by atoms with van der Waals surface area (Å²) in [5.41, 5.74) is 5.40. The average molecular weight is 127 g/mol. The number of rotatable bonds is 0. The van der Waals surface area contributed by atoms with Gasteiger partial charge in [-0.05, 0) is 6.08 Å². The van der Waals surface area contributed by atoms with Gasteiger partial charge in [-0.15, -0.1) is 5.11 Å². The lowest BCUT2D eigenvalue weighted by Crippen LogP contribution is -2.25. The van der Waals surface area contributed by atoms with Gasteiger partial charge in [0.15, 0.2) is 0 Å². The van der Waals surface area contributed by atoms with Gasteiger partial charge in [0.1, 0.15) is 4.99 Å². The highest BCUT2D eigenvalue weighted by atomic mass is 32.1. The van der Waals surface area contributed by atoms with Gasteiger partial charge in [-0.3, -0.25) is 0 Å². The predicted molar refractivity (Wildman–Crippen MR) is 34.6 cm³/mol. The second kappa shape index (κ2) is 2.11. The average Bonchev–Trinajstić information content (AvgIpc) is 1.77. The standard InChI is InChI=1S/C4H5N3S/c5-3-1-2-6-7-4(3)8/h1-3H,5H2. The summed E-state index contributed by atoms with van der Waals surface area (Å²) in [6.07, 6.45) is 3.25. The maximum absolute atomic E-state index is 5.40. The van der Waals surface area contributed by atoms with E-state index in [1.807, 2.05) is 0 Å². The highest BCUT2D eigenvalue weighted by Gasteiger charge is 2.05. The molecule has 0 amide bonds. The lowest BCUT2D eigenvalue weighted by Gasteiger charge is -2.03. The molecule has 0 aromatic carbocycles. The minimum Gasteiger partial charge on any atom is -0.319 e. The second-order valence-corrected chi connectivity index (χ2v) is 1.84. The van der Waals surface area contributed by atoms with E-state index in [0.29, 0.717) is 4.99 Å². The molecule has 1 heterocycles. The molecule has 1 atom stereocenters. The highest BCUT2D eigenvalue weighted by molar-refractivity contribution is 7.80. The Morgan fingerprint density at radius 2 is 2.50 bits per heavy atom. The van der Waals surface area contributed by atoms with E-state index < -0.39 is 0 Å². The lowest BCUT2D eigenvalue weighted by molar-refractivity contribution is 1.02. The SMILES string of the molecule is NC1C=CN=NC1=S. The summed E-state index contributed by atoms with van der Waals surface area (Å²) >= 11 is 4.69. The quantitative estimate of drug-likeness (QED) is 0.485. The van der Waals surface area contributed by atoms with Crippen molar-refractivity contribution in [3.05, 3.63) is 12.3 Å². The highest BCUT2D eigenvalue weighted by Crippen LogP contribution is 1.97. The Labute approximate surface area is 52.3 Å². The summed E-state index contributed by atoms with van der Waals surface area (Å²) in [7, 11) is 0. The molecule has 4 heteroatoms. The van der Waals surface area contributed by atoms with E-state index in [1.54, 1.807) is 12.3 Å². The minimum absolute atomic E-state index is 0.206. The van der Waals surface area contributed by atoms with Gasteiger partial charge in [0, 0.05) is 6.20 Å². The molecule has 8 heavy (non-hydrogen) atoms. The number of hydrogen-bond acceptors (Lipinski definition) is 3. The Morgan fingerprint density at radius 3 is 2.88 bits per heavy atom. The molecule has 1 aliphatic heterocycles. The topological polar surface area (TPSA) is 50.7 Å². The van der Waals surface area contributed by atoms with E-state index in [2.05, 4.69) is 10.2 Å². The Balaban J connectivity index is 2.74. The molecule has 0 aromatic heterocycles. The van der Waals surface area contributed by atoms with Crippen LogP contribution in [0.1, 0.15) is 0 Å². The Morgan fingerprint density at radius 1 is 1.75 bits per heavy atom. The summed E-state index contributed by atoms with van der Waals surface area (Å²) in [6, 6.07) is -0.206. The van der Waals surface area contributed by atoms with Gasteiger partial charge >= 0.3 is 0 Å². The van der Waals surface area contributed by atoms with Crippen LogP contribution >= 0.6 is 12.2 Å². The summed E-state index contributed by atoms with van der Waals surface area (Å²) in [6.45, 7) is 0. The summed E-state index contributed by atoms with van der Waals surface area (Å²) < 4.78 is 0. The van der Waals surface area contributed by atoms with Gasteiger partial charge < -0.3 is 5.73 Å². The van der Waals surface area contributed by atoms with Crippen molar-refractivity contribution < 1.29 is 0 Å². The van der Waals surface area contributed by atoms with Crippen LogP contribution in [0.2, 0.25) is 0 Å². The third kappa shape index (κ3) is 0.962. The zero-order valence-electron chi connectivity index (χ0n) is 4.11. The minimum atomic E-state index is -0.206. The molecule has 1 unspecified atom stereocenters. The first-order chi connectivity index (χ1) is 3.80. The van der Waals surface area contributed by atoms with E-state index in [4.69, 9.17) is 18.0 Å². The van der Waals surface area contributed by atoms with Gasteiger partial charge in [0.25, 0.3) is 0 Å². The molecule has 0 aliphatic carbocycles. The molecule has 0 aromatic rings. The van der Waals surface area contributed by atoms with Crippen LogP contribution in [0.3, 0.4) is 0 Å². The van der Waals surface area contributed by atoms with Crippen molar-refractivity contribution >= 4 is 17.2 Å². The van der Waals surface area contributed by atoms with Crippen LogP contribution in [-0.2, 0) is 0 Å². The largest absolute Gasteiger partial charge is 0.319 e. The maximum Gasteiger partial charge on any atom is 0.146 e. The molecule has 0 spiro atoms. The zero-order chi connectivity index (χ0) is 5.98. The van der Waals surface area contributed by atoms with Crippen molar-refractivity contribution in [2.24, 2.45) is 16.0 Å². The number of hydrogen-bond donors (Lipinski definition) is 1. The molecule has 0 fully saturated rings. The van der Waals surface area contributed by atoms with Crippen LogP contribution in [0.25, 0.3) is 0 Å². The number of thiocarbonyl (C=S) groups is 1. The maximum atomic E-state index is 5.40. The monoisotopic (exact) mass is 127 g/mol.